The van der Waals surface area contributed by atoms with Gasteiger partial charge in [-0.05, 0) is 24.7 Å². The summed E-state index contributed by atoms with van der Waals surface area (Å²) in [6, 6.07) is 1.85. The molecule has 0 aromatic carbocycles. The Kier molecular flexibility index (Phi) is 3.83. The van der Waals surface area contributed by atoms with Crippen LogP contribution in [0.4, 0.5) is 0 Å². The second-order valence-corrected chi connectivity index (χ2v) is 9.21. The van der Waals surface area contributed by atoms with Crippen molar-refractivity contribution in [3.05, 3.63) is 0 Å². The molecule has 2 nitrogen and oxygen atoms in total. The molecule has 0 N–H and O–H groups in total. The van der Waals surface area contributed by atoms with Gasteiger partial charge >= 0.3 is 0 Å². The van der Waals surface area contributed by atoms with Gasteiger partial charge in [-0.25, -0.2) is 0 Å². The molecule has 0 aliphatic carbocycles. The maximum Gasteiger partial charge on any atom is 0.146 e. The van der Waals surface area contributed by atoms with Gasteiger partial charge in [0.2, 0.25) is 0 Å². The van der Waals surface area contributed by atoms with Crippen LogP contribution in [0.3, 0.4) is 0 Å². The van der Waals surface area contributed by atoms with Gasteiger partial charge in [-0.1, -0.05) is 63.8 Å². The molecule has 5 heterocycles. The van der Waals surface area contributed by atoms with Gasteiger partial charge in [0.25, 0.3) is 0 Å². The average Bonchev–Trinajstić information content (AvgIpc) is 2.58. The predicted molar refractivity (Wildman–Crippen MR) is 96.7 cm³/mol. The topological polar surface area (TPSA) is 6.48 Å². The number of nitrogens with zero attached hydrogens (tertiary/aromatic N) is 2. The lowest BCUT2D eigenvalue weighted by atomic mass is 9.29. The van der Waals surface area contributed by atoms with Gasteiger partial charge in [-0.3, -0.25) is 9.80 Å². The maximum absolute atomic E-state index is 2.94. The van der Waals surface area contributed by atoms with Gasteiger partial charge in [-0.15, -0.1) is 0 Å². The quantitative estimate of drug-likeness (QED) is 0.632. The van der Waals surface area contributed by atoms with Crippen LogP contribution in [0.1, 0.15) is 38.5 Å². The highest BCUT2D eigenvalue weighted by atomic mass is 15.3. The van der Waals surface area contributed by atoms with E-state index in [1.165, 1.54) is 64.7 Å². The molecule has 22 heavy (non-hydrogen) atoms. The van der Waals surface area contributed by atoms with Gasteiger partial charge in [0.05, 0.1) is 0 Å². The molecule has 0 radical (unpaired) electrons. The molecule has 4 atom stereocenters. The van der Waals surface area contributed by atoms with Crippen molar-refractivity contribution in [2.45, 2.75) is 87.5 Å². The van der Waals surface area contributed by atoms with Crippen LogP contribution in [0.25, 0.3) is 0 Å². The summed E-state index contributed by atoms with van der Waals surface area (Å²) in [6.45, 7) is 7.82. The number of hydrogen-bond acceptors (Lipinski definition) is 2. The largest absolute Gasteiger partial charge is 0.299 e. The molecule has 5 aliphatic heterocycles. The van der Waals surface area contributed by atoms with E-state index >= 15 is 0 Å². The first-order valence-corrected chi connectivity index (χ1v) is 10.4. The van der Waals surface area contributed by atoms with Crippen molar-refractivity contribution in [3.63, 3.8) is 0 Å². The molecule has 5 rings (SSSR count). The van der Waals surface area contributed by atoms with Crippen LogP contribution in [0, 0.1) is 0 Å². The third-order valence-electron chi connectivity index (χ3n) is 8.22. The monoisotopic (exact) mass is 298 g/mol. The van der Waals surface area contributed by atoms with E-state index in [1.807, 2.05) is 0 Å². The normalized spacial score (nSPS) is 43.1. The zero-order valence-electron chi connectivity index (χ0n) is 14.3. The Morgan fingerprint density at radius 2 is 1.14 bits per heavy atom. The third kappa shape index (κ3) is 2.40. The molecule has 5 fully saturated rings. The van der Waals surface area contributed by atoms with Crippen LogP contribution >= 0.6 is 0 Å². The molecule has 120 valence electrons. The van der Waals surface area contributed by atoms with E-state index in [0.29, 0.717) is 0 Å². The van der Waals surface area contributed by atoms with Gasteiger partial charge < -0.3 is 0 Å². The van der Waals surface area contributed by atoms with Crippen molar-refractivity contribution in [1.29, 1.82) is 0 Å². The molecule has 0 saturated carbocycles. The van der Waals surface area contributed by atoms with E-state index in [4.69, 9.17) is 0 Å². The van der Waals surface area contributed by atoms with Crippen molar-refractivity contribution < 1.29 is 0 Å². The highest BCUT2D eigenvalue weighted by Gasteiger charge is 2.49. The van der Waals surface area contributed by atoms with Crippen molar-refractivity contribution in [3.8, 4) is 0 Å². The fraction of sp³-hybridized carbons (Fsp3) is 1.00. The highest BCUT2D eigenvalue weighted by molar-refractivity contribution is 6.62. The lowest BCUT2D eigenvalue weighted by Crippen LogP contribution is -2.67. The summed E-state index contributed by atoms with van der Waals surface area (Å²) >= 11 is 0. The Morgan fingerprint density at radius 3 is 1.64 bits per heavy atom. The van der Waals surface area contributed by atoms with Crippen LogP contribution in [0.15, 0.2) is 0 Å². The van der Waals surface area contributed by atoms with Gasteiger partial charge in [-0.2, -0.15) is 0 Å². The van der Waals surface area contributed by atoms with Crippen LogP contribution < -0.4 is 0 Å². The fourth-order valence-corrected chi connectivity index (χ4v) is 7.03. The number of hydrogen-bond donors (Lipinski definition) is 0. The Hall–Kier alpha value is 0.0499. The molecule has 0 bridgehead atoms. The second-order valence-electron chi connectivity index (χ2n) is 9.21. The smallest absolute Gasteiger partial charge is 0.146 e. The standard InChI is InChI=1S/C18H32B2N2/c1-3-7-19-11-17-18-12-20-8-4-2-6-16(20)14-22(18)10-9-21(17)13-15(19)5-1/h15-18H,1-14H2. The molecule has 0 amide bonds. The van der Waals surface area contributed by atoms with E-state index in [-0.39, 0.29) is 0 Å². The average molecular weight is 298 g/mol. The van der Waals surface area contributed by atoms with E-state index in [1.54, 1.807) is 25.3 Å². The molecule has 5 aliphatic rings. The molecule has 4 unspecified atom stereocenters. The minimum Gasteiger partial charge on any atom is -0.299 e. The molecular weight excluding hydrogens is 266 g/mol. The third-order valence-corrected chi connectivity index (χ3v) is 8.22. The van der Waals surface area contributed by atoms with Crippen molar-refractivity contribution in [2.24, 2.45) is 0 Å². The molecule has 4 heteroatoms. The highest BCUT2D eigenvalue weighted by Crippen LogP contribution is 2.45. The summed E-state index contributed by atoms with van der Waals surface area (Å²) in [5, 5.41) is 0. The van der Waals surface area contributed by atoms with Gasteiger partial charge in [0.15, 0.2) is 0 Å². The van der Waals surface area contributed by atoms with Gasteiger partial charge in [0.1, 0.15) is 13.4 Å². The minimum atomic E-state index is 0.927. The van der Waals surface area contributed by atoms with E-state index in [2.05, 4.69) is 9.80 Å². The van der Waals surface area contributed by atoms with E-state index < -0.39 is 0 Å². The molecule has 0 spiro atoms. The van der Waals surface area contributed by atoms with Crippen LogP contribution in [-0.4, -0.2) is 61.5 Å². The van der Waals surface area contributed by atoms with Crippen molar-refractivity contribution in [1.82, 2.24) is 9.80 Å². The lowest BCUT2D eigenvalue weighted by molar-refractivity contribution is 0.0197. The van der Waals surface area contributed by atoms with Crippen LogP contribution in [-0.2, 0) is 0 Å². The van der Waals surface area contributed by atoms with Crippen molar-refractivity contribution >= 4 is 13.4 Å². The minimum absolute atomic E-state index is 0.927. The predicted octanol–water partition coefficient (Wildman–Crippen LogP) is 3.47. The Bertz CT molecular complexity index is 380. The Balaban J connectivity index is 1.34. The first kappa shape index (κ1) is 14.4. The number of fused-ring (bicyclic) bond motifs is 5. The lowest BCUT2D eigenvalue weighted by Gasteiger charge is -2.57. The molecule has 5 saturated heterocycles. The first-order chi connectivity index (χ1) is 10.9. The summed E-state index contributed by atoms with van der Waals surface area (Å²) in [4.78, 5) is 5.88. The summed E-state index contributed by atoms with van der Waals surface area (Å²) < 4.78 is 0. The zero-order chi connectivity index (χ0) is 14.5. The summed E-state index contributed by atoms with van der Waals surface area (Å²) in [6.07, 6.45) is 15.3. The Morgan fingerprint density at radius 1 is 0.636 bits per heavy atom. The molecule has 0 aromatic rings. The second kappa shape index (κ2) is 5.84. The first-order valence-electron chi connectivity index (χ1n) is 10.4. The number of rotatable bonds is 0. The van der Waals surface area contributed by atoms with E-state index in [9.17, 15) is 0 Å². The number of piperazine rings is 1. The SMILES string of the molecule is C1CCC2CN3CCN4CC5CCCCB5CC4C3CB2C1. The summed E-state index contributed by atoms with van der Waals surface area (Å²) in [5.74, 6) is 2.12. The van der Waals surface area contributed by atoms with Crippen molar-refractivity contribution in [2.75, 3.05) is 26.2 Å². The maximum atomic E-state index is 2.94. The Labute approximate surface area is 137 Å². The van der Waals surface area contributed by atoms with Crippen LogP contribution in [0.2, 0.25) is 36.9 Å². The summed E-state index contributed by atoms with van der Waals surface area (Å²) in [5.41, 5.74) is 0. The van der Waals surface area contributed by atoms with Crippen LogP contribution in [0.5, 0.6) is 0 Å². The zero-order valence-corrected chi connectivity index (χ0v) is 14.3. The van der Waals surface area contributed by atoms with E-state index in [0.717, 1.165) is 37.1 Å². The molecule has 0 aromatic heterocycles. The molecular formula is C18H32B2N2. The summed E-state index contributed by atoms with van der Waals surface area (Å²) in [7, 11) is 0. The van der Waals surface area contributed by atoms with Gasteiger partial charge in [0, 0.05) is 25.2 Å². The fourth-order valence-electron chi connectivity index (χ4n) is 7.03.